The van der Waals surface area contributed by atoms with Gasteiger partial charge in [0.1, 0.15) is 0 Å². The normalized spacial score (nSPS) is 8.10. The van der Waals surface area contributed by atoms with Gasteiger partial charge in [0, 0.05) is 0 Å². The minimum absolute atomic E-state index is 0. The number of para-hydroxylation sites is 2. The summed E-state index contributed by atoms with van der Waals surface area (Å²) in [5.74, 6) is 0. The number of nitrogens with two attached hydrogens (primary N) is 1. The first-order chi connectivity index (χ1) is 4.34. The number of nitrogen functional groups attached to an aromatic ring is 1. The third-order valence-electron chi connectivity index (χ3n) is 1.12. The van der Waals surface area contributed by atoms with Crippen molar-refractivity contribution in [2.45, 2.75) is 7.43 Å². The molecule has 0 fully saturated rings. The molecule has 1 rings (SSSR count). The lowest BCUT2D eigenvalue weighted by atomic mass is 10.3. The van der Waals surface area contributed by atoms with E-state index in [1.807, 2.05) is 24.3 Å². The van der Waals surface area contributed by atoms with Crippen LogP contribution in [0.1, 0.15) is 7.43 Å². The van der Waals surface area contributed by atoms with E-state index in [4.69, 9.17) is 5.73 Å². The Bertz CT molecular complexity index is 201. The van der Waals surface area contributed by atoms with Crippen molar-refractivity contribution >= 4 is 20.8 Å². The molecule has 0 saturated heterocycles. The standard InChI is InChI=1S/C6H9N2P.CH4/c7-5-3-1-2-4-6(5)8-9;/h1-4,8H,7,9H2;1H4. The minimum atomic E-state index is 0. The molecule has 1 aromatic rings. The summed E-state index contributed by atoms with van der Waals surface area (Å²) in [6, 6.07) is 7.61. The Balaban J connectivity index is 0.000000810. The van der Waals surface area contributed by atoms with Crippen LogP contribution in [0.3, 0.4) is 0 Å². The van der Waals surface area contributed by atoms with E-state index in [1.54, 1.807) is 0 Å². The van der Waals surface area contributed by atoms with Crippen LogP contribution in [0, 0.1) is 0 Å². The molecular formula is C7H13N2P. The van der Waals surface area contributed by atoms with Gasteiger partial charge in [-0.05, 0) is 21.5 Å². The van der Waals surface area contributed by atoms with Crippen molar-refractivity contribution in [2.24, 2.45) is 0 Å². The Labute approximate surface area is 64.1 Å². The van der Waals surface area contributed by atoms with Crippen LogP contribution in [0.2, 0.25) is 0 Å². The molecule has 3 N–H and O–H groups in total. The van der Waals surface area contributed by atoms with Gasteiger partial charge in [0.2, 0.25) is 0 Å². The lowest BCUT2D eigenvalue weighted by Crippen LogP contribution is -1.88. The average Bonchev–Trinajstić information content (AvgIpc) is 1.89. The first-order valence-electron chi connectivity index (χ1n) is 2.65. The SMILES string of the molecule is C.Nc1ccccc1NP. The van der Waals surface area contributed by atoms with Gasteiger partial charge in [-0.2, -0.15) is 0 Å². The molecule has 1 aromatic carbocycles. The lowest BCUT2D eigenvalue weighted by Gasteiger charge is -2.00. The van der Waals surface area contributed by atoms with Crippen LogP contribution in [0.4, 0.5) is 11.4 Å². The number of hydrogen-bond acceptors (Lipinski definition) is 2. The van der Waals surface area contributed by atoms with Gasteiger partial charge < -0.3 is 10.8 Å². The largest absolute Gasteiger partial charge is 0.397 e. The predicted octanol–water partition coefficient (Wildman–Crippen LogP) is 2.11. The molecule has 1 atom stereocenters. The number of benzene rings is 1. The minimum Gasteiger partial charge on any atom is -0.397 e. The molecule has 2 nitrogen and oxygen atoms in total. The summed E-state index contributed by atoms with van der Waals surface area (Å²) in [6.07, 6.45) is 0. The Morgan fingerprint density at radius 1 is 1.30 bits per heavy atom. The average molecular weight is 156 g/mol. The number of nitrogens with one attached hydrogen (secondary N) is 1. The van der Waals surface area contributed by atoms with E-state index in [-0.39, 0.29) is 7.43 Å². The van der Waals surface area contributed by atoms with E-state index in [0.29, 0.717) is 0 Å². The van der Waals surface area contributed by atoms with Crippen molar-refractivity contribution in [3.63, 3.8) is 0 Å². The molecule has 1 unspecified atom stereocenters. The van der Waals surface area contributed by atoms with E-state index in [2.05, 4.69) is 14.5 Å². The van der Waals surface area contributed by atoms with Crippen LogP contribution in [0.15, 0.2) is 24.3 Å². The third-order valence-corrected chi connectivity index (χ3v) is 1.43. The maximum atomic E-state index is 5.56. The van der Waals surface area contributed by atoms with Crippen molar-refractivity contribution in [1.82, 2.24) is 0 Å². The van der Waals surface area contributed by atoms with Gasteiger partial charge in [-0.15, -0.1) is 0 Å². The maximum absolute atomic E-state index is 5.56. The predicted molar refractivity (Wildman–Crippen MR) is 50.9 cm³/mol. The van der Waals surface area contributed by atoms with Gasteiger partial charge in [0.25, 0.3) is 0 Å². The summed E-state index contributed by atoms with van der Waals surface area (Å²) in [7, 11) is 2.40. The summed E-state index contributed by atoms with van der Waals surface area (Å²) in [4.78, 5) is 0. The van der Waals surface area contributed by atoms with Crippen LogP contribution >= 0.6 is 9.39 Å². The van der Waals surface area contributed by atoms with E-state index in [1.165, 1.54) is 0 Å². The molecular weight excluding hydrogens is 143 g/mol. The summed E-state index contributed by atoms with van der Waals surface area (Å²) in [5.41, 5.74) is 7.27. The summed E-state index contributed by atoms with van der Waals surface area (Å²) in [5, 5.41) is 2.89. The van der Waals surface area contributed by atoms with Crippen LogP contribution in [0.5, 0.6) is 0 Å². The van der Waals surface area contributed by atoms with Crippen molar-refractivity contribution in [3.8, 4) is 0 Å². The first kappa shape index (κ1) is 9.25. The van der Waals surface area contributed by atoms with E-state index in [9.17, 15) is 0 Å². The third kappa shape index (κ3) is 1.89. The molecule has 0 bridgehead atoms. The van der Waals surface area contributed by atoms with Crippen molar-refractivity contribution in [2.75, 3.05) is 10.8 Å². The highest BCUT2D eigenvalue weighted by atomic mass is 31.0. The van der Waals surface area contributed by atoms with Crippen molar-refractivity contribution in [1.29, 1.82) is 0 Å². The van der Waals surface area contributed by atoms with Gasteiger partial charge >= 0.3 is 0 Å². The van der Waals surface area contributed by atoms with Gasteiger partial charge in [-0.1, -0.05) is 19.6 Å². The fourth-order valence-corrected chi connectivity index (χ4v) is 0.891. The highest BCUT2D eigenvalue weighted by Gasteiger charge is 1.89. The molecule has 0 aliphatic heterocycles. The lowest BCUT2D eigenvalue weighted by molar-refractivity contribution is 1.66. The van der Waals surface area contributed by atoms with Crippen molar-refractivity contribution in [3.05, 3.63) is 24.3 Å². The van der Waals surface area contributed by atoms with Gasteiger partial charge in [-0.3, -0.25) is 0 Å². The number of hydrogen-bond donors (Lipinski definition) is 2. The Kier molecular flexibility index (Phi) is 3.82. The molecule has 0 amide bonds. The van der Waals surface area contributed by atoms with Gasteiger partial charge in [0.15, 0.2) is 0 Å². The molecule has 0 radical (unpaired) electrons. The fraction of sp³-hybridized carbons (Fsp3) is 0.143. The number of rotatable bonds is 1. The monoisotopic (exact) mass is 156 g/mol. The zero-order valence-electron chi connectivity index (χ0n) is 4.96. The second-order valence-electron chi connectivity index (χ2n) is 1.73. The van der Waals surface area contributed by atoms with Gasteiger partial charge in [-0.25, -0.2) is 0 Å². The second-order valence-corrected chi connectivity index (χ2v) is 2.02. The smallest absolute Gasteiger partial charge is 0.0602 e. The first-order valence-corrected chi connectivity index (χ1v) is 3.23. The number of anilines is 2. The highest BCUT2D eigenvalue weighted by Crippen LogP contribution is 2.17. The molecule has 0 aliphatic rings. The van der Waals surface area contributed by atoms with Gasteiger partial charge in [0.05, 0.1) is 11.4 Å². The molecule has 0 saturated carbocycles. The molecule has 3 heteroatoms. The summed E-state index contributed by atoms with van der Waals surface area (Å²) in [6.45, 7) is 0. The molecule has 56 valence electrons. The zero-order valence-corrected chi connectivity index (χ0v) is 6.12. The Hall–Kier alpha value is -0.750. The molecule has 0 aliphatic carbocycles. The van der Waals surface area contributed by atoms with Crippen LogP contribution in [0.25, 0.3) is 0 Å². The molecule has 0 heterocycles. The van der Waals surface area contributed by atoms with E-state index < -0.39 is 0 Å². The van der Waals surface area contributed by atoms with E-state index in [0.717, 1.165) is 11.4 Å². The zero-order chi connectivity index (χ0) is 6.69. The van der Waals surface area contributed by atoms with E-state index >= 15 is 0 Å². The quantitative estimate of drug-likeness (QED) is 0.482. The Morgan fingerprint density at radius 2 is 1.90 bits per heavy atom. The fourth-order valence-electron chi connectivity index (χ4n) is 0.628. The topological polar surface area (TPSA) is 38.0 Å². The van der Waals surface area contributed by atoms with Crippen LogP contribution in [-0.2, 0) is 0 Å². The summed E-state index contributed by atoms with van der Waals surface area (Å²) < 4.78 is 0. The molecule has 0 aromatic heterocycles. The van der Waals surface area contributed by atoms with Crippen LogP contribution in [-0.4, -0.2) is 0 Å². The molecule has 10 heavy (non-hydrogen) atoms. The van der Waals surface area contributed by atoms with Crippen molar-refractivity contribution < 1.29 is 0 Å². The Morgan fingerprint density at radius 3 is 2.30 bits per heavy atom. The maximum Gasteiger partial charge on any atom is 0.0602 e. The van der Waals surface area contributed by atoms with Crippen LogP contribution < -0.4 is 10.8 Å². The second kappa shape index (κ2) is 4.13. The summed E-state index contributed by atoms with van der Waals surface area (Å²) >= 11 is 0. The highest BCUT2D eigenvalue weighted by molar-refractivity contribution is 7.18. The molecule has 0 spiro atoms.